The molecule has 0 fully saturated rings. The Hall–Kier alpha value is -4.82. The monoisotopic (exact) mass is 650 g/mol. The molecule has 2 heteroatoms. The van der Waals surface area contributed by atoms with Crippen LogP contribution in [0.3, 0.4) is 0 Å². The minimum Gasteiger partial charge on any atom is -0.0901 e. The second kappa shape index (κ2) is 10.3. The van der Waals surface area contributed by atoms with Gasteiger partial charge in [-0.2, -0.15) is 0 Å². The molecule has 2 spiro atoms. The van der Waals surface area contributed by atoms with Crippen LogP contribution in [0.5, 0.6) is 0 Å². The van der Waals surface area contributed by atoms with Crippen LogP contribution in [0.1, 0.15) is 51.8 Å². The van der Waals surface area contributed by atoms with E-state index in [-0.39, 0.29) is 0 Å². The summed E-state index contributed by atoms with van der Waals surface area (Å²) in [5.41, 5.74) is 16.1. The zero-order chi connectivity index (χ0) is 32.0. The SMILES string of the molecule is C=C1/C=C\C2=C(C=Cc3ccccc3S1)C1(C3=C(C=CCC3)C3(c4ccccc4-c4ccccc43)c3ccccc31)c1cccc(Cl)c12. The second-order valence-electron chi connectivity index (χ2n) is 13.2. The fourth-order valence-corrected chi connectivity index (χ4v) is 10.6. The highest BCUT2D eigenvalue weighted by Crippen LogP contribution is 2.69. The summed E-state index contributed by atoms with van der Waals surface area (Å²) in [5.74, 6) is 0. The van der Waals surface area contributed by atoms with Gasteiger partial charge in [0.2, 0.25) is 0 Å². The van der Waals surface area contributed by atoms with Crippen molar-refractivity contribution in [2.45, 2.75) is 28.6 Å². The summed E-state index contributed by atoms with van der Waals surface area (Å²) in [7, 11) is 0. The van der Waals surface area contributed by atoms with Crippen LogP contribution in [0, 0.1) is 0 Å². The molecular weight excluding hydrogens is 620 g/mol. The van der Waals surface area contributed by atoms with Crippen molar-refractivity contribution >= 4 is 35.0 Å². The summed E-state index contributed by atoms with van der Waals surface area (Å²) in [6, 6.07) is 42.6. The lowest BCUT2D eigenvalue weighted by Crippen LogP contribution is -2.44. The molecule has 10 rings (SSSR count). The molecule has 0 amide bonds. The minimum absolute atomic E-state index is 0.420. The molecule has 0 nitrogen and oxygen atoms in total. The highest BCUT2D eigenvalue weighted by molar-refractivity contribution is 8.03. The molecule has 0 saturated heterocycles. The first kappa shape index (κ1) is 28.2. The lowest BCUT2D eigenvalue weighted by atomic mass is 9.50. The predicted molar refractivity (Wildman–Crippen MR) is 202 cm³/mol. The van der Waals surface area contributed by atoms with Crippen LogP contribution in [0.25, 0.3) is 22.8 Å². The van der Waals surface area contributed by atoms with E-state index in [2.05, 4.69) is 158 Å². The molecule has 228 valence electrons. The van der Waals surface area contributed by atoms with Crippen molar-refractivity contribution in [1.29, 1.82) is 0 Å². The molecule has 0 bridgehead atoms. The zero-order valence-electron chi connectivity index (χ0n) is 26.3. The van der Waals surface area contributed by atoms with Gasteiger partial charge in [-0.25, -0.2) is 0 Å². The first-order chi connectivity index (χ1) is 23.6. The standard InChI is InChI=1S/C46H31ClS/c1-29-25-27-33-36(28-26-30-13-2-11-24-43(30)48-29)46(41-22-12-23-42(47)44(33)41)39-20-9-7-18-37(39)45(38-19-8-10-21-40(38)46)34-16-5-3-14-31(34)32-15-4-6-17-35(32)45/h2-9,11-20,22-28H,1,10,21H2/b27-25-,28-26?. The fourth-order valence-electron chi connectivity index (χ4n) is 9.50. The van der Waals surface area contributed by atoms with Crippen molar-refractivity contribution in [2.24, 2.45) is 0 Å². The highest BCUT2D eigenvalue weighted by atomic mass is 35.5. The fraction of sp³-hybridized carbons (Fsp3) is 0.0870. The molecule has 0 N–H and O–H groups in total. The van der Waals surface area contributed by atoms with E-state index in [0.29, 0.717) is 0 Å². The largest absolute Gasteiger partial charge is 0.0901 e. The van der Waals surface area contributed by atoms with Gasteiger partial charge in [-0.15, -0.1) is 0 Å². The van der Waals surface area contributed by atoms with Crippen molar-refractivity contribution in [2.75, 3.05) is 0 Å². The van der Waals surface area contributed by atoms with Crippen molar-refractivity contribution < 1.29 is 0 Å². The summed E-state index contributed by atoms with van der Waals surface area (Å²) in [5, 5.41) is 0.786. The maximum atomic E-state index is 7.28. The Bertz CT molecular complexity index is 2370. The molecule has 48 heavy (non-hydrogen) atoms. The Kier molecular flexibility index (Phi) is 6.08. The first-order valence-corrected chi connectivity index (χ1v) is 17.9. The summed E-state index contributed by atoms with van der Waals surface area (Å²) < 4.78 is 0. The third kappa shape index (κ3) is 3.48. The second-order valence-corrected chi connectivity index (χ2v) is 14.8. The molecule has 5 aromatic carbocycles. The van der Waals surface area contributed by atoms with E-state index < -0.39 is 10.8 Å². The predicted octanol–water partition coefficient (Wildman–Crippen LogP) is 12.3. The maximum Gasteiger partial charge on any atom is 0.0716 e. The Labute approximate surface area is 291 Å². The van der Waals surface area contributed by atoms with Crippen molar-refractivity contribution in [3.63, 3.8) is 0 Å². The van der Waals surface area contributed by atoms with E-state index in [1.165, 1.54) is 71.7 Å². The minimum atomic E-state index is -0.520. The molecular formula is C46H31ClS. The number of fused-ring (bicyclic) bond motifs is 15. The summed E-state index contributed by atoms with van der Waals surface area (Å²) in [4.78, 5) is 2.21. The number of allylic oxidation sites excluding steroid dienone is 9. The molecule has 1 aliphatic heterocycles. The zero-order valence-corrected chi connectivity index (χ0v) is 27.9. The van der Waals surface area contributed by atoms with Crippen molar-refractivity contribution in [3.05, 3.63) is 218 Å². The van der Waals surface area contributed by atoms with E-state index in [1.54, 1.807) is 11.8 Å². The Balaban J connectivity index is 1.40. The summed E-state index contributed by atoms with van der Waals surface area (Å²) >= 11 is 9.00. The highest BCUT2D eigenvalue weighted by Gasteiger charge is 2.59. The molecule has 1 atom stereocenters. The maximum absolute atomic E-state index is 7.28. The van der Waals surface area contributed by atoms with Gasteiger partial charge in [-0.05, 0) is 97.9 Å². The van der Waals surface area contributed by atoms with Crippen LogP contribution in [-0.4, -0.2) is 0 Å². The summed E-state index contributed by atoms with van der Waals surface area (Å²) in [6.07, 6.45) is 16.0. The van der Waals surface area contributed by atoms with Gasteiger partial charge in [0.15, 0.2) is 0 Å². The molecule has 1 unspecified atom stereocenters. The number of hydrogen-bond donors (Lipinski definition) is 0. The van der Waals surface area contributed by atoms with Crippen LogP contribution in [-0.2, 0) is 10.8 Å². The first-order valence-electron chi connectivity index (χ1n) is 16.7. The molecule has 0 radical (unpaired) electrons. The van der Waals surface area contributed by atoms with E-state index in [0.717, 1.165) is 28.3 Å². The molecule has 5 aliphatic rings. The quantitative estimate of drug-likeness (QED) is 0.161. The van der Waals surface area contributed by atoms with E-state index in [9.17, 15) is 0 Å². The Morgan fingerprint density at radius 3 is 1.98 bits per heavy atom. The van der Waals surface area contributed by atoms with Gasteiger partial charge >= 0.3 is 0 Å². The molecule has 4 aliphatic carbocycles. The van der Waals surface area contributed by atoms with Gasteiger partial charge in [-0.1, -0.05) is 163 Å². The van der Waals surface area contributed by atoms with Crippen LogP contribution in [0.15, 0.2) is 179 Å². The topological polar surface area (TPSA) is 0 Å². The average Bonchev–Trinajstić information content (AvgIpc) is 3.58. The van der Waals surface area contributed by atoms with E-state index in [1.807, 2.05) is 0 Å². The Morgan fingerprint density at radius 1 is 0.562 bits per heavy atom. The number of benzene rings is 5. The number of halogens is 1. The van der Waals surface area contributed by atoms with E-state index >= 15 is 0 Å². The van der Waals surface area contributed by atoms with Gasteiger partial charge in [0.05, 0.1) is 10.8 Å². The normalized spacial score (nSPS) is 21.3. The van der Waals surface area contributed by atoms with Gasteiger partial charge in [0, 0.05) is 20.4 Å². The lowest BCUT2D eigenvalue weighted by molar-refractivity contribution is 0.587. The van der Waals surface area contributed by atoms with E-state index in [4.69, 9.17) is 11.6 Å². The summed E-state index contributed by atoms with van der Waals surface area (Å²) in [6.45, 7) is 4.45. The molecule has 0 aromatic heterocycles. The number of rotatable bonds is 0. The van der Waals surface area contributed by atoms with Crippen molar-refractivity contribution in [3.8, 4) is 11.1 Å². The van der Waals surface area contributed by atoms with Crippen LogP contribution in [0.2, 0.25) is 5.02 Å². The van der Waals surface area contributed by atoms with Gasteiger partial charge < -0.3 is 0 Å². The van der Waals surface area contributed by atoms with Gasteiger partial charge in [0.1, 0.15) is 0 Å². The Morgan fingerprint density at radius 2 is 1.21 bits per heavy atom. The van der Waals surface area contributed by atoms with Crippen LogP contribution < -0.4 is 0 Å². The third-order valence-electron chi connectivity index (χ3n) is 11.1. The number of hydrogen-bond acceptors (Lipinski definition) is 1. The van der Waals surface area contributed by atoms with Crippen molar-refractivity contribution in [1.82, 2.24) is 0 Å². The smallest absolute Gasteiger partial charge is 0.0716 e. The van der Waals surface area contributed by atoms with Gasteiger partial charge in [0.25, 0.3) is 0 Å². The lowest BCUT2D eigenvalue weighted by Gasteiger charge is -2.51. The molecule has 1 heterocycles. The molecule has 0 saturated carbocycles. The third-order valence-corrected chi connectivity index (χ3v) is 12.4. The van der Waals surface area contributed by atoms with Gasteiger partial charge in [-0.3, -0.25) is 0 Å². The molecule has 5 aromatic rings. The average molecular weight is 651 g/mol. The van der Waals surface area contributed by atoms with Crippen LogP contribution in [0.4, 0.5) is 0 Å². The van der Waals surface area contributed by atoms with Crippen LogP contribution >= 0.6 is 23.4 Å². The number of thioether (sulfide) groups is 1.